The van der Waals surface area contributed by atoms with Crippen molar-refractivity contribution in [2.75, 3.05) is 36.5 Å². The average molecular weight is 511 g/mol. The zero-order valence-corrected chi connectivity index (χ0v) is 21.7. The number of nitrogens with zero attached hydrogens (tertiary/aromatic N) is 1. The van der Waals surface area contributed by atoms with Gasteiger partial charge in [0, 0.05) is 24.3 Å². The van der Waals surface area contributed by atoms with E-state index in [-0.39, 0.29) is 22.8 Å². The first-order chi connectivity index (χ1) is 17.2. The number of carbonyl (C=O) groups excluding carboxylic acids is 1. The van der Waals surface area contributed by atoms with Gasteiger partial charge in [-0.3, -0.25) is 4.79 Å². The van der Waals surface area contributed by atoms with E-state index < -0.39 is 15.3 Å². The molecule has 2 heterocycles. The second-order valence-corrected chi connectivity index (χ2v) is 12.3. The van der Waals surface area contributed by atoms with Crippen molar-refractivity contribution in [2.45, 2.75) is 50.5 Å². The molecule has 1 saturated carbocycles. The molecule has 9 heteroatoms. The summed E-state index contributed by atoms with van der Waals surface area (Å²) in [4.78, 5) is 15.4. The molecule has 0 bridgehead atoms. The number of piperidine rings is 1. The van der Waals surface area contributed by atoms with Gasteiger partial charge in [-0.05, 0) is 62.6 Å². The minimum Gasteiger partial charge on any atom is -0.488 e. The topological polar surface area (TPSA) is 114 Å². The zero-order valence-electron chi connectivity index (χ0n) is 20.8. The maximum atomic E-state index is 13.1. The summed E-state index contributed by atoms with van der Waals surface area (Å²) in [5.41, 5.74) is 8.92. The Morgan fingerprint density at radius 2 is 1.89 bits per heavy atom. The Labute approximate surface area is 212 Å². The van der Waals surface area contributed by atoms with Gasteiger partial charge in [0.2, 0.25) is 5.91 Å². The summed E-state index contributed by atoms with van der Waals surface area (Å²) >= 11 is 0. The number of likely N-dealkylation sites (tertiary alicyclic amines) is 1. The molecule has 0 atom stereocenters. The predicted molar refractivity (Wildman–Crippen MR) is 142 cm³/mol. The number of anilines is 2. The molecular weight excluding hydrogens is 476 g/mol. The molecule has 3 aliphatic rings. The third-order valence-corrected chi connectivity index (χ3v) is 9.38. The van der Waals surface area contributed by atoms with Crippen molar-refractivity contribution in [1.29, 1.82) is 0 Å². The van der Waals surface area contributed by atoms with Gasteiger partial charge < -0.3 is 26.0 Å². The Kier molecular flexibility index (Phi) is 6.46. The Hall–Kier alpha value is -3.04. The van der Waals surface area contributed by atoms with Crippen molar-refractivity contribution in [1.82, 2.24) is 4.90 Å². The molecule has 4 N–H and O–H groups in total. The van der Waals surface area contributed by atoms with Crippen LogP contribution in [0.2, 0.25) is 0 Å². The molecule has 0 unspecified atom stereocenters. The fourth-order valence-corrected chi connectivity index (χ4v) is 6.07. The quantitative estimate of drug-likeness (QED) is 0.521. The number of nitrogens with one attached hydrogen (secondary N) is 2. The first kappa shape index (κ1) is 24.6. The van der Waals surface area contributed by atoms with E-state index in [1.54, 1.807) is 6.92 Å². The molecule has 0 radical (unpaired) electrons. The summed E-state index contributed by atoms with van der Waals surface area (Å²) in [6.45, 7) is 3.45. The van der Waals surface area contributed by atoms with E-state index >= 15 is 0 Å². The van der Waals surface area contributed by atoms with Crippen LogP contribution in [0.4, 0.5) is 11.4 Å². The molecule has 2 aromatic rings. The molecule has 1 amide bonds. The van der Waals surface area contributed by atoms with E-state index in [0.29, 0.717) is 28.4 Å². The van der Waals surface area contributed by atoms with Crippen LogP contribution in [0.15, 0.2) is 47.5 Å². The first-order valence-electron chi connectivity index (χ1n) is 12.6. The van der Waals surface area contributed by atoms with Crippen molar-refractivity contribution < 1.29 is 17.9 Å². The summed E-state index contributed by atoms with van der Waals surface area (Å²) in [6, 6.07) is 13.1. The number of rotatable bonds is 7. The number of ether oxygens (including phenoxy) is 1. The van der Waals surface area contributed by atoms with Gasteiger partial charge in [-0.15, -0.1) is 0 Å². The predicted octanol–water partition coefficient (Wildman–Crippen LogP) is 3.67. The maximum absolute atomic E-state index is 13.1. The van der Waals surface area contributed by atoms with Gasteiger partial charge in [0.25, 0.3) is 0 Å². The molecule has 2 fully saturated rings. The largest absolute Gasteiger partial charge is 0.488 e. The van der Waals surface area contributed by atoms with E-state index in [1.165, 1.54) is 0 Å². The summed E-state index contributed by atoms with van der Waals surface area (Å²) in [5, 5.41) is 6.11. The highest BCUT2D eigenvalue weighted by atomic mass is 32.2. The minimum absolute atomic E-state index is 0.00942. The third-order valence-electron chi connectivity index (χ3n) is 7.75. The highest BCUT2D eigenvalue weighted by molar-refractivity contribution is 7.95. The Morgan fingerprint density at radius 3 is 2.50 bits per heavy atom. The number of hydrogen-bond acceptors (Lipinski definition) is 7. The lowest BCUT2D eigenvalue weighted by molar-refractivity contribution is -0.123. The number of fused-ring (bicyclic) bond motifs is 2. The van der Waals surface area contributed by atoms with E-state index in [4.69, 9.17) is 10.5 Å². The zero-order chi connectivity index (χ0) is 25.5. The molecule has 2 aromatic carbocycles. The molecular formula is C27H34N4O4S. The van der Waals surface area contributed by atoms with Crippen LogP contribution < -0.4 is 21.1 Å². The van der Waals surface area contributed by atoms with Crippen LogP contribution in [0.3, 0.4) is 0 Å². The van der Waals surface area contributed by atoms with Gasteiger partial charge in [-0.2, -0.15) is 0 Å². The van der Waals surface area contributed by atoms with Crippen LogP contribution in [0.5, 0.6) is 5.75 Å². The summed E-state index contributed by atoms with van der Waals surface area (Å²) < 4.78 is 32.3. The summed E-state index contributed by atoms with van der Waals surface area (Å²) in [6.07, 6.45) is 4.27. The van der Waals surface area contributed by atoms with Crippen molar-refractivity contribution in [3.05, 3.63) is 58.6 Å². The molecule has 1 spiro atoms. The third kappa shape index (κ3) is 4.35. The van der Waals surface area contributed by atoms with Gasteiger partial charge in [0.15, 0.2) is 9.84 Å². The summed E-state index contributed by atoms with van der Waals surface area (Å²) in [5.74, 6) is 0.445. The normalized spacial score (nSPS) is 20.3. The lowest BCUT2D eigenvalue weighted by Gasteiger charge is -2.36. The molecule has 36 heavy (non-hydrogen) atoms. The van der Waals surface area contributed by atoms with Gasteiger partial charge in [-0.1, -0.05) is 31.5 Å². The number of nitrogens with two attached hydrogens (primary N) is 1. The lowest BCUT2D eigenvalue weighted by atomic mass is 9.65. The molecule has 5 rings (SSSR count). The summed E-state index contributed by atoms with van der Waals surface area (Å²) in [7, 11) is -1.60. The average Bonchev–Trinajstić information content (AvgIpc) is 3.16. The van der Waals surface area contributed by atoms with Crippen LogP contribution >= 0.6 is 0 Å². The molecule has 0 aromatic heterocycles. The highest BCUT2D eigenvalue weighted by Crippen LogP contribution is 2.54. The Balaban J connectivity index is 1.65. The van der Waals surface area contributed by atoms with Crippen molar-refractivity contribution in [3.63, 3.8) is 0 Å². The molecule has 1 saturated heterocycles. The van der Waals surface area contributed by atoms with E-state index in [0.717, 1.165) is 50.8 Å². The standard InChI is InChI=1S/C27H34N4O4S/c1-3-36(33,34)25(28)23(29-19-8-5-4-6-9-19)18-16-21-24(30-26(32)27(21)12-7-13-27)22(17-18)35-20-10-14-31(2)15-11-20/h4-6,8-9,16-17,20,29H,3,7,10-15,28H2,1-2H3,(H,30,32)/b25-23+. The van der Waals surface area contributed by atoms with E-state index in [2.05, 4.69) is 22.6 Å². The SMILES string of the molecule is CCS(=O)(=O)/C(N)=C(/Nc1ccccc1)c1cc(OC2CCN(C)CC2)c2c(c1)C1(CCC1)C(=O)N2. The maximum Gasteiger partial charge on any atom is 0.235 e. The number of hydrogen-bond donors (Lipinski definition) is 3. The Bertz CT molecular complexity index is 1290. The van der Waals surface area contributed by atoms with Gasteiger partial charge >= 0.3 is 0 Å². The number of sulfone groups is 1. The smallest absolute Gasteiger partial charge is 0.235 e. The molecule has 2 aliphatic heterocycles. The van der Waals surface area contributed by atoms with Crippen molar-refractivity contribution in [3.8, 4) is 5.75 Å². The van der Waals surface area contributed by atoms with Gasteiger partial charge in [0.05, 0.1) is 22.6 Å². The fraction of sp³-hybridized carbons (Fsp3) is 0.444. The molecule has 8 nitrogen and oxygen atoms in total. The minimum atomic E-state index is -3.69. The van der Waals surface area contributed by atoms with Crippen LogP contribution in [-0.4, -0.2) is 51.2 Å². The number of carbonyl (C=O) groups is 1. The van der Waals surface area contributed by atoms with E-state index in [9.17, 15) is 13.2 Å². The number of amides is 1. The van der Waals surface area contributed by atoms with Gasteiger partial charge in [0.1, 0.15) is 16.9 Å². The van der Waals surface area contributed by atoms with E-state index in [1.807, 2.05) is 42.5 Å². The van der Waals surface area contributed by atoms with Crippen LogP contribution in [-0.2, 0) is 20.0 Å². The van der Waals surface area contributed by atoms with Crippen molar-refractivity contribution >= 4 is 32.8 Å². The Morgan fingerprint density at radius 1 is 1.19 bits per heavy atom. The molecule has 192 valence electrons. The highest BCUT2D eigenvalue weighted by Gasteiger charge is 2.52. The second kappa shape index (κ2) is 9.44. The van der Waals surface area contributed by atoms with Crippen LogP contribution in [0.25, 0.3) is 5.70 Å². The number of para-hydroxylation sites is 1. The fourth-order valence-electron chi connectivity index (χ4n) is 5.28. The van der Waals surface area contributed by atoms with Crippen molar-refractivity contribution in [2.24, 2.45) is 5.73 Å². The monoisotopic (exact) mass is 510 g/mol. The number of benzene rings is 2. The van der Waals surface area contributed by atoms with Gasteiger partial charge in [-0.25, -0.2) is 8.42 Å². The first-order valence-corrected chi connectivity index (χ1v) is 14.3. The second-order valence-electron chi connectivity index (χ2n) is 10.0. The molecule has 1 aliphatic carbocycles. The van der Waals surface area contributed by atoms with Crippen LogP contribution in [0.1, 0.15) is 50.2 Å². The van der Waals surface area contributed by atoms with Crippen LogP contribution in [0, 0.1) is 0 Å². The lowest BCUT2D eigenvalue weighted by Crippen LogP contribution is -2.40.